The number of methoxy groups -OCH3 is 2. The summed E-state index contributed by atoms with van der Waals surface area (Å²) in [5.74, 6) is -0.966. The predicted molar refractivity (Wildman–Crippen MR) is 63.2 cm³/mol. The van der Waals surface area contributed by atoms with Gasteiger partial charge in [-0.25, -0.2) is 9.59 Å². The Labute approximate surface area is 101 Å². The van der Waals surface area contributed by atoms with E-state index in [1.807, 2.05) is 6.08 Å². The van der Waals surface area contributed by atoms with E-state index in [1.165, 1.54) is 14.2 Å². The van der Waals surface area contributed by atoms with Crippen molar-refractivity contribution in [3.8, 4) is 0 Å². The third kappa shape index (κ3) is 3.19. The monoisotopic (exact) mass is 238 g/mol. The van der Waals surface area contributed by atoms with Gasteiger partial charge in [-0.2, -0.15) is 0 Å². The lowest BCUT2D eigenvalue weighted by Gasteiger charge is -2.18. The Morgan fingerprint density at radius 3 is 2.29 bits per heavy atom. The Balaban J connectivity index is 3.17. The van der Waals surface area contributed by atoms with Crippen LogP contribution < -0.4 is 0 Å². The molecule has 0 fully saturated rings. The van der Waals surface area contributed by atoms with Crippen molar-refractivity contribution in [1.29, 1.82) is 0 Å². The highest BCUT2D eigenvalue weighted by Gasteiger charge is 2.26. The van der Waals surface area contributed by atoms with Gasteiger partial charge in [0.05, 0.1) is 25.4 Å². The second-order valence-corrected chi connectivity index (χ2v) is 4.70. The Bertz CT molecular complexity index is 388. The molecule has 0 aromatic heterocycles. The molecule has 0 saturated carbocycles. The minimum atomic E-state index is -0.501. The Morgan fingerprint density at radius 2 is 1.76 bits per heavy atom. The van der Waals surface area contributed by atoms with Crippen LogP contribution in [0.25, 0.3) is 0 Å². The molecule has 1 aliphatic rings. The van der Waals surface area contributed by atoms with Crippen molar-refractivity contribution in [2.75, 3.05) is 14.2 Å². The topological polar surface area (TPSA) is 52.6 Å². The number of allylic oxidation sites excluding steroid dienone is 1. The molecule has 4 heteroatoms. The molecular formula is C13H18O4. The van der Waals surface area contributed by atoms with E-state index in [-0.39, 0.29) is 5.41 Å². The lowest BCUT2D eigenvalue weighted by Crippen LogP contribution is -2.13. The van der Waals surface area contributed by atoms with Gasteiger partial charge in [0, 0.05) is 0 Å². The maximum Gasteiger partial charge on any atom is 0.338 e. The standard InChI is InChI=1S/C13H18O4/c1-13(2)7-5-9(11(14)16-3)10(6-8-13)12(15)17-4/h5,7H,6,8H2,1-4H3. The van der Waals surface area contributed by atoms with Crippen molar-refractivity contribution in [2.24, 2.45) is 5.41 Å². The predicted octanol–water partition coefficient (Wildman–Crippen LogP) is 2.01. The van der Waals surface area contributed by atoms with Crippen LogP contribution in [0.1, 0.15) is 26.7 Å². The van der Waals surface area contributed by atoms with Crippen LogP contribution in [0.3, 0.4) is 0 Å². The van der Waals surface area contributed by atoms with Crippen molar-refractivity contribution >= 4 is 11.9 Å². The van der Waals surface area contributed by atoms with Crippen molar-refractivity contribution in [2.45, 2.75) is 26.7 Å². The van der Waals surface area contributed by atoms with Crippen LogP contribution in [-0.4, -0.2) is 26.2 Å². The van der Waals surface area contributed by atoms with Gasteiger partial charge >= 0.3 is 11.9 Å². The van der Waals surface area contributed by atoms with E-state index in [2.05, 4.69) is 18.6 Å². The van der Waals surface area contributed by atoms with Gasteiger partial charge < -0.3 is 9.47 Å². The fourth-order valence-electron chi connectivity index (χ4n) is 1.71. The Hall–Kier alpha value is -1.58. The summed E-state index contributed by atoms with van der Waals surface area (Å²) in [5, 5.41) is 0. The van der Waals surface area contributed by atoms with Crippen molar-refractivity contribution in [1.82, 2.24) is 0 Å². The summed E-state index contributed by atoms with van der Waals surface area (Å²) in [7, 11) is 2.61. The van der Waals surface area contributed by atoms with E-state index < -0.39 is 11.9 Å². The van der Waals surface area contributed by atoms with Gasteiger partial charge in [0.2, 0.25) is 0 Å². The summed E-state index contributed by atoms with van der Waals surface area (Å²) in [4.78, 5) is 23.3. The zero-order valence-corrected chi connectivity index (χ0v) is 10.7. The highest BCUT2D eigenvalue weighted by Crippen LogP contribution is 2.32. The largest absolute Gasteiger partial charge is 0.466 e. The van der Waals surface area contributed by atoms with Gasteiger partial charge in [-0.15, -0.1) is 0 Å². The highest BCUT2D eigenvalue weighted by molar-refractivity contribution is 6.02. The van der Waals surface area contributed by atoms with E-state index in [9.17, 15) is 9.59 Å². The zero-order chi connectivity index (χ0) is 13.1. The second-order valence-electron chi connectivity index (χ2n) is 4.70. The molecule has 17 heavy (non-hydrogen) atoms. The molecule has 0 atom stereocenters. The maximum absolute atomic E-state index is 11.6. The first-order valence-electron chi connectivity index (χ1n) is 5.50. The number of carbonyl (C=O) groups excluding carboxylic acids is 2. The van der Waals surface area contributed by atoms with E-state index in [0.717, 1.165) is 6.42 Å². The molecule has 0 bridgehead atoms. The third-order valence-corrected chi connectivity index (χ3v) is 2.88. The molecule has 94 valence electrons. The zero-order valence-electron chi connectivity index (χ0n) is 10.7. The molecule has 1 aliphatic carbocycles. The molecule has 0 heterocycles. The van der Waals surface area contributed by atoms with Gasteiger partial charge in [-0.1, -0.05) is 26.0 Å². The van der Waals surface area contributed by atoms with Gasteiger partial charge in [-0.3, -0.25) is 0 Å². The van der Waals surface area contributed by atoms with Crippen LogP contribution in [0.15, 0.2) is 23.3 Å². The van der Waals surface area contributed by atoms with Gasteiger partial charge in [0.1, 0.15) is 0 Å². The lowest BCUT2D eigenvalue weighted by molar-refractivity contribution is -0.139. The number of esters is 2. The molecule has 0 unspecified atom stereocenters. The molecule has 0 radical (unpaired) electrons. The fourth-order valence-corrected chi connectivity index (χ4v) is 1.71. The average molecular weight is 238 g/mol. The molecule has 0 aromatic rings. The molecule has 1 rings (SSSR count). The summed E-state index contributed by atoms with van der Waals surface area (Å²) < 4.78 is 9.38. The summed E-state index contributed by atoms with van der Waals surface area (Å²) >= 11 is 0. The molecule has 0 aliphatic heterocycles. The Morgan fingerprint density at radius 1 is 1.18 bits per heavy atom. The van der Waals surface area contributed by atoms with E-state index >= 15 is 0 Å². The first-order chi connectivity index (χ1) is 7.91. The Kier molecular flexibility index (Phi) is 4.10. The lowest BCUT2D eigenvalue weighted by atomic mass is 9.87. The average Bonchev–Trinajstić information content (AvgIpc) is 2.46. The van der Waals surface area contributed by atoms with E-state index in [1.54, 1.807) is 6.08 Å². The molecule has 0 N–H and O–H groups in total. The molecule has 0 amide bonds. The highest BCUT2D eigenvalue weighted by atomic mass is 16.5. The number of ether oxygens (including phenoxy) is 2. The first kappa shape index (κ1) is 13.5. The molecule has 4 nitrogen and oxygen atoms in total. The SMILES string of the molecule is COC(=O)C1=C(C(=O)OC)CCC(C)(C)C=C1. The second kappa shape index (κ2) is 5.17. The number of carbonyl (C=O) groups is 2. The van der Waals surface area contributed by atoms with E-state index in [0.29, 0.717) is 17.6 Å². The summed E-state index contributed by atoms with van der Waals surface area (Å²) in [6, 6.07) is 0. The van der Waals surface area contributed by atoms with Crippen LogP contribution in [0.4, 0.5) is 0 Å². The smallest absolute Gasteiger partial charge is 0.338 e. The van der Waals surface area contributed by atoms with Crippen LogP contribution in [0, 0.1) is 5.41 Å². The molecule has 0 spiro atoms. The number of hydrogen-bond donors (Lipinski definition) is 0. The molecule has 0 saturated heterocycles. The van der Waals surface area contributed by atoms with Crippen LogP contribution >= 0.6 is 0 Å². The number of hydrogen-bond acceptors (Lipinski definition) is 4. The fraction of sp³-hybridized carbons (Fsp3) is 0.538. The van der Waals surface area contributed by atoms with Crippen LogP contribution in [-0.2, 0) is 19.1 Å². The summed E-state index contributed by atoms with van der Waals surface area (Å²) in [5.41, 5.74) is 0.640. The molecule has 0 aromatic carbocycles. The van der Waals surface area contributed by atoms with Crippen molar-refractivity contribution < 1.29 is 19.1 Å². The van der Waals surface area contributed by atoms with Gasteiger partial charge in [-0.05, 0) is 18.3 Å². The molecular weight excluding hydrogens is 220 g/mol. The number of rotatable bonds is 2. The van der Waals surface area contributed by atoms with E-state index in [4.69, 9.17) is 4.74 Å². The summed E-state index contributed by atoms with van der Waals surface area (Å²) in [6.45, 7) is 4.11. The third-order valence-electron chi connectivity index (χ3n) is 2.88. The normalized spacial score (nSPS) is 18.6. The van der Waals surface area contributed by atoms with Crippen LogP contribution in [0.2, 0.25) is 0 Å². The quantitative estimate of drug-likeness (QED) is 0.690. The van der Waals surface area contributed by atoms with Gasteiger partial charge in [0.25, 0.3) is 0 Å². The maximum atomic E-state index is 11.6. The minimum absolute atomic E-state index is 0.0466. The van der Waals surface area contributed by atoms with Gasteiger partial charge in [0.15, 0.2) is 0 Å². The minimum Gasteiger partial charge on any atom is -0.466 e. The first-order valence-corrected chi connectivity index (χ1v) is 5.50. The van der Waals surface area contributed by atoms with Crippen LogP contribution in [0.5, 0.6) is 0 Å². The van der Waals surface area contributed by atoms with Crippen molar-refractivity contribution in [3.05, 3.63) is 23.3 Å². The van der Waals surface area contributed by atoms with Crippen molar-refractivity contribution in [3.63, 3.8) is 0 Å². The summed E-state index contributed by atoms with van der Waals surface area (Å²) in [6.07, 6.45) is 4.88.